The van der Waals surface area contributed by atoms with Gasteiger partial charge in [-0.1, -0.05) is 12.1 Å². The number of carbonyl (C=O) groups is 3. The highest BCUT2D eigenvalue weighted by atomic mass is 16.5. The molecular weight excluding hydrogens is 274 g/mol. The van der Waals surface area contributed by atoms with Crippen molar-refractivity contribution < 1.29 is 19.1 Å². The summed E-state index contributed by atoms with van der Waals surface area (Å²) in [6, 6.07) is 6.11. The summed E-state index contributed by atoms with van der Waals surface area (Å²) in [6.07, 6.45) is 0. The number of hydrogen-bond donors (Lipinski definition) is 2. The van der Waals surface area contributed by atoms with Crippen molar-refractivity contribution >= 4 is 17.9 Å². The Morgan fingerprint density at radius 3 is 2.33 bits per heavy atom. The number of esters is 1. The summed E-state index contributed by atoms with van der Waals surface area (Å²) in [5, 5.41) is 2.46. The van der Waals surface area contributed by atoms with Crippen molar-refractivity contribution in [3.8, 4) is 0 Å². The van der Waals surface area contributed by atoms with Crippen LogP contribution in [0.3, 0.4) is 0 Å². The summed E-state index contributed by atoms with van der Waals surface area (Å²) in [5.74, 6) is -0.718. The van der Waals surface area contributed by atoms with Crippen LogP contribution in [0, 0.1) is 0 Å². The van der Waals surface area contributed by atoms with Crippen molar-refractivity contribution in [1.82, 2.24) is 10.2 Å². The van der Waals surface area contributed by atoms with Crippen LogP contribution in [-0.2, 0) is 16.1 Å². The quantitative estimate of drug-likeness (QED) is 0.745. The lowest BCUT2D eigenvalue weighted by Crippen LogP contribution is -2.36. The third-order valence-electron chi connectivity index (χ3n) is 2.88. The molecule has 0 bridgehead atoms. The van der Waals surface area contributed by atoms with Crippen molar-refractivity contribution in [2.75, 3.05) is 20.2 Å². The smallest absolute Gasteiger partial charge is 0.325 e. The molecule has 0 aliphatic rings. The number of hydrogen-bond acceptors (Lipinski definition) is 4. The van der Waals surface area contributed by atoms with Gasteiger partial charge < -0.3 is 20.7 Å². The molecule has 0 aliphatic heterocycles. The van der Waals surface area contributed by atoms with E-state index < -0.39 is 12.0 Å². The van der Waals surface area contributed by atoms with Crippen molar-refractivity contribution in [3.05, 3.63) is 35.4 Å². The molecule has 3 amide bonds. The number of primary amides is 1. The van der Waals surface area contributed by atoms with Gasteiger partial charge in [-0.15, -0.1) is 0 Å². The van der Waals surface area contributed by atoms with Gasteiger partial charge in [-0.25, -0.2) is 4.79 Å². The second kappa shape index (κ2) is 7.88. The Morgan fingerprint density at radius 2 is 1.86 bits per heavy atom. The van der Waals surface area contributed by atoms with E-state index in [2.05, 4.69) is 10.1 Å². The second-order valence-corrected chi connectivity index (χ2v) is 4.31. The molecule has 0 saturated carbocycles. The molecule has 0 spiro atoms. The van der Waals surface area contributed by atoms with Crippen LogP contribution >= 0.6 is 0 Å². The maximum Gasteiger partial charge on any atom is 0.325 e. The van der Waals surface area contributed by atoms with E-state index in [0.717, 1.165) is 5.56 Å². The van der Waals surface area contributed by atoms with Crippen LogP contribution in [0.2, 0.25) is 0 Å². The minimum atomic E-state index is -0.606. The molecule has 0 radical (unpaired) electrons. The minimum Gasteiger partial charge on any atom is -0.468 e. The Hall–Kier alpha value is -2.57. The van der Waals surface area contributed by atoms with Gasteiger partial charge in [0.2, 0.25) is 0 Å². The molecule has 0 saturated heterocycles. The first-order valence-corrected chi connectivity index (χ1v) is 6.46. The maximum atomic E-state index is 12.2. The van der Waals surface area contributed by atoms with Gasteiger partial charge in [-0.3, -0.25) is 9.59 Å². The predicted molar refractivity (Wildman–Crippen MR) is 76.5 cm³/mol. The van der Waals surface area contributed by atoms with E-state index in [4.69, 9.17) is 5.73 Å². The SMILES string of the molecule is CCN(CC(=O)OC)C(=O)c1ccc(CNC(N)=O)cc1. The van der Waals surface area contributed by atoms with Crippen LogP contribution in [0.15, 0.2) is 24.3 Å². The highest BCUT2D eigenvalue weighted by molar-refractivity contribution is 5.96. The zero-order valence-electron chi connectivity index (χ0n) is 12.1. The standard InChI is InChI=1S/C14H19N3O4/c1-3-17(9-12(18)21-2)13(19)11-6-4-10(5-7-11)8-16-14(15)20/h4-7H,3,8-9H2,1-2H3,(H3,15,16,20). The van der Waals surface area contributed by atoms with Gasteiger partial charge in [-0.05, 0) is 24.6 Å². The summed E-state index contributed by atoms with van der Waals surface area (Å²) in [7, 11) is 1.28. The number of rotatable bonds is 6. The highest BCUT2D eigenvalue weighted by Crippen LogP contribution is 2.08. The lowest BCUT2D eigenvalue weighted by Gasteiger charge is -2.19. The molecule has 7 nitrogen and oxygen atoms in total. The number of methoxy groups -OCH3 is 1. The molecule has 21 heavy (non-hydrogen) atoms. The van der Waals surface area contributed by atoms with Gasteiger partial charge >= 0.3 is 12.0 Å². The van der Waals surface area contributed by atoms with Crippen LogP contribution in [0.25, 0.3) is 0 Å². The summed E-state index contributed by atoms with van der Waals surface area (Å²) >= 11 is 0. The Kier molecular flexibility index (Phi) is 6.19. The number of nitrogens with two attached hydrogens (primary N) is 1. The van der Waals surface area contributed by atoms with E-state index in [0.29, 0.717) is 18.7 Å². The van der Waals surface area contributed by atoms with E-state index in [1.54, 1.807) is 31.2 Å². The van der Waals surface area contributed by atoms with Crippen molar-refractivity contribution in [2.45, 2.75) is 13.5 Å². The average Bonchev–Trinajstić information content (AvgIpc) is 2.50. The largest absolute Gasteiger partial charge is 0.468 e. The third kappa shape index (κ3) is 5.13. The molecular formula is C14H19N3O4. The van der Waals surface area contributed by atoms with Gasteiger partial charge in [0.15, 0.2) is 0 Å². The Morgan fingerprint density at radius 1 is 1.24 bits per heavy atom. The Balaban J connectivity index is 2.72. The number of amides is 3. The summed E-state index contributed by atoms with van der Waals surface area (Å²) in [4.78, 5) is 35.5. The summed E-state index contributed by atoms with van der Waals surface area (Å²) in [6.45, 7) is 2.39. The van der Waals surface area contributed by atoms with E-state index in [1.165, 1.54) is 12.0 Å². The molecule has 1 aromatic rings. The lowest BCUT2D eigenvalue weighted by atomic mass is 10.1. The molecule has 1 rings (SSSR count). The van der Waals surface area contributed by atoms with Crippen LogP contribution in [0.4, 0.5) is 4.79 Å². The fraction of sp³-hybridized carbons (Fsp3) is 0.357. The van der Waals surface area contributed by atoms with Gasteiger partial charge in [0.1, 0.15) is 6.54 Å². The van der Waals surface area contributed by atoms with Crippen LogP contribution < -0.4 is 11.1 Å². The number of carbonyl (C=O) groups excluding carboxylic acids is 3. The van der Waals surface area contributed by atoms with Crippen LogP contribution in [-0.4, -0.2) is 43.0 Å². The van der Waals surface area contributed by atoms with Crippen LogP contribution in [0.1, 0.15) is 22.8 Å². The van der Waals surface area contributed by atoms with Gasteiger partial charge in [0.05, 0.1) is 7.11 Å². The number of benzene rings is 1. The monoisotopic (exact) mass is 293 g/mol. The molecule has 0 aliphatic carbocycles. The first-order chi connectivity index (χ1) is 9.97. The molecule has 0 aromatic heterocycles. The lowest BCUT2D eigenvalue weighted by molar-refractivity contribution is -0.141. The van der Waals surface area contributed by atoms with Gasteiger partial charge in [0, 0.05) is 18.7 Å². The maximum absolute atomic E-state index is 12.2. The topological polar surface area (TPSA) is 102 Å². The number of nitrogens with one attached hydrogen (secondary N) is 1. The summed E-state index contributed by atoms with van der Waals surface area (Å²) < 4.78 is 4.56. The third-order valence-corrected chi connectivity index (χ3v) is 2.88. The molecule has 1 aromatic carbocycles. The number of ether oxygens (including phenoxy) is 1. The number of nitrogens with zero attached hydrogens (tertiary/aromatic N) is 1. The fourth-order valence-corrected chi connectivity index (χ4v) is 1.68. The molecule has 0 fully saturated rings. The van der Waals surface area contributed by atoms with Crippen molar-refractivity contribution in [2.24, 2.45) is 5.73 Å². The molecule has 3 N–H and O–H groups in total. The Labute approximate surface area is 123 Å². The van der Waals surface area contributed by atoms with Crippen molar-refractivity contribution in [3.63, 3.8) is 0 Å². The average molecular weight is 293 g/mol. The highest BCUT2D eigenvalue weighted by Gasteiger charge is 2.17. The molecule has 0 unspecified atom stereocenters. The summed E-state index contributed by atoms with van der Waals surface area (Å²) in [5.41, 5.74) is 6.26. The zero-order valence-corrected chi connectivity index (χ0v) is 12.1. The van der Waals surface area contributed by atoms with E-state index in [1.807, 2.05) is 0 Å². The molecule has 0 heterocycles. The van der Waals surface area contributed by atoms with Crippen LogP contribution in [0.5, 0.6) is 0 Å². The van der Waals surface area contributed by atoms with Gasteiger partial charge in [-0.2, -0.15) is 0 Å². The first kappa shape index (κ1) is 16.5. The van der Waals surface area contributed by atoms with E-state index in [9.17, 15) is 14.4 Å². The Bertz CT molecular complexity index is 513. The minimum absolute atomic E-state index is 0.0865. The second-order valence-electron chi connectivity index (χ2n) is 4.31. The first-order valence-electron chi connectivity index (χ1n) is 6.46. The normalized spacial score (nSPS) is 9.81. The van der Waals surface area contributed by atoms with E-state index in [-0.39, 0.29) is 12.5 Å². The van der Waals surface area contributed by atoms with Gasteiger partial charge in [0.25, 0.3) is 5.91 Å². The fourth-order valence-electron chi connectivity index (χ4n) is 1.68. The number of likely N-dealkylation sites (N-methyl/N-ethyl adjacent to an activating group) is 1. The molecule has 0 atom stereocenters. The number of urea groups is 1. The van der Waals surface area contributed by atoms with E-state index >= 15 is 0 Å². The zero-order chi connectivity index (χ0) is 15.8. The molecule has 114 valence electrons. The predicted octanol–water partition coefficient (Wildman–Crippen LogP) is 0.490. The molecule has 7 heteroatoms. The van der Waals surface area contributed by atoms with Crippen molar-refractivity contribution in [1.29, 1.82) is 0 Å².